The van der Waals surface area contributed by atoms with Crippen LogP contribution in [0, 0.1) is 20.9 Å². The minimum atomic E-state index is 0. The first-order valence-electron chi connectivity index (χ1n) is 6.12. The molecule has 128 valence electrons. The number of hydrogen-bond donors (Lipinski definition) is 1. The van der Waals surface area contributed by atoms with Gasteiger partial charge in [0.1, 0.15) is 0 Å². The zero-order valence-corrected chi connectivity index (χ0v) is 18.7. The second-order valence-corrected chi connectivity index (χ2v) is 3.96. The summed E-state index contributed by atoms with van der Waals surface area (Å²) >= 11 is 1.36. The summed E-state index contributed by atoms with van der Waals surface area (Å²) in [4.78, 5) is 0. The predicted octanol–water partition coefficient (Wildman–Crippen LogP) is 4.98. The van der Waals surface area contributed by atoms with Gasteiger partial charge in [0.25, 0.3) is 0 Å². The first kappa shape index (κ1) is 30.8. The summed E-state index contributed by atoms with van der Waals surface area (Å²) in [7, 11) is 0. The van der Waals surface area contributed by atoms with E-state index in [1.807, 2.05) is 6.08 Å². The number of halogens is 2. The second-order valence-electron chi connectivity index (χ2n) is 3.96. The van der Waals surface area contributed by atoms with Crippen LogP contribution in [0.5, 0.6) is 0 Å². The van der Waals surface area contributed by atoms with Gasteiger partial charge in [0.05, 0.1) is 0 Å². The molecule has 1 nitrogen and oxygen atoms in total. The van der Waals surface area contributed by atoms with Crippen molar-refractivity contribution in [3.8, 4) is 0 Å². The van der Waals surface area contributed by atoms with Gasteiger partial charge in [-0.2, -0.15) is 29.2 Å². The van der Waals surface area contributed by atoms with Crippen LogP contribution in [0.4, 0.5) is 0 Å². The molecule has 1 aliphatic rings. The van der Waals surface area contributed by atoms with Gasteiger partial charge < -0.3 is 20.0 Å². The molecule has 0 saturated carbocycles. The molecule has 3 rings (SSSR count). The van der Waals surface area contributed by atoms with Crippen molar-refractivity contribution < 1.29 is 28.4 Å². The first-order valence-corrected chi connectivity index (χ1v) is 10.3. The summed E-state index contributed by atoms with van der Waals surface area (Å²) < 4.78 is 0. The van der Waals surface area contributed by atoms with E-state index in [1.165, 1.54) is 39.7 Å². The van der Waals surface area contributed by atoms with Crippen LogP contribution in [0.1, 0.15) is 12.8 Å². The Kier molecular flexibility index (Phi) is 26.8. The number of benzene rings is 1. The van der Waals surface area contributed by atoms with Crippen molar-refractivity contribution in [2.24, 2.45) is 0 Å². The third-order valence-electron chi connectivity index (χ3n) is 2.72. The molecule has 0 amide bonds. The van der Waals surface area contributed by atoms with Gasteiger partial charge in [0, 0.05) is 6.61 Å². The predicted molar refractivity (Wildman–Crippen MR) is 105 cm³/mol. The third-order valence-corrected chi connectivity index (χ3v) is 2.72. The van der Waals surface area contributed by atoms with E-state index in [0.717, 1.165) is 12.8 Å². The maximum atomic E-state index is 8.44. The van der Waals surface area contributed by atoms with E-state index >= 15 is 0 Å². The summed E-state index contributed by atoms with van der Waals surface area (Å²) in [6, 6.07) is 14.7. The molecule has 0 atom stereocenters. The smallest absolute Gasteiger partial charge is 0.0809 e. The molecule has 2 radical (unpaired) electrons. The van der Waals surface area contributed by atoms with E-state index in [-0.39, 0.29) is 46.3 Å². The Morgan fingerprint density at radius 1 is 1.13 bits per heavy atom. The molecule has 5 heteroatoms. The Labute approximate surface area is 170 Å². The van der Waals surface area contributed by atoms with Crippen molar-refractivity contribution >= 4 is 42.5 Å². The van der Waals surface area contributed by atoms with Gasteiger partial charge in [-0.25, -0.2) is 6.08 Å². The summed E-state index contributed by atoms with van der Waals surface area (Å²) in [5.74, 6) is 0. The Bertz CT molecular complexity index is 522. The van der Waals surface area contributed by atoms with E-state index in [4.69, 9.17) is 5.11 Å². The second kappa shape index (κ2) is 20.0. The zero-order chi connectivity index (χ0) is 13.9. The van der Waals surface area contributed by atoms with Crippen LogP contribution in [0.3, 0.4) is 0 Å². The fourth-order valence-corrected chi connectivity index (χ4v) is 1.81. The number of allylic oxidation sites excluding steroid dienone is 3. The molecule has 0 saturated heterocycles. The normalized spacial score (nSPS) is 10.0. The van der Waals surface area contributed by atoms with Crippen LogP contribution in [-0.4, -0.2) is 18.6 Å². The minimum Gasteiger partial charge on any atom is -0.168 e. The molecule has 2 aromatic carbocycles. The number of aliphatic hydroxyl groups excluding tert-OH is 1. The Morgan fingerprint density at radius 2 is 1.78 bits per heavy atom. The van der Waals surface area contributed by atoms with Crippen molar-refractivity contribution in [1.82, 2.24) is 0 Å². The van der Waals surface area contributed by atoms with E-state index in [9.17, 15) is 0 Å². The zero-order valence-electron chi connectivity index (χ0n) is 13.6. The third kappa shape index (κ3) is 12.0. The maximum absolute atomic E-state index is 8.44. The topological polar surface area (TPSA) is 20.2 Å². The van der Waals surface area contributed by atoms with Crippen LogP contribution in [0.2, 0.25) is 0 Å². The number of hydrogen-bond acceptors (Lipinski definition) is 1. The summed E-state index contributed by atoms with van der Waals surface area (Å²) in [6.45, 7) is 3.32. The number of aliphatic hydroxyl groups is 1. The fourth-order valence-electron chi connectivity index (χ4n) is 1.81. The van der Waals surface area contributed by atoms with Gasteiger partial charge in [-0.1, -0.05) is 12.5 Å². The average molecular weight is 447 g/mol. The van der Waals surface area contributed by atoms with E-state index in [0.29, 0.717) is 0 Å². The minimum absolute atomic E-state index is 0. The molecule has 0 heterocycles. The van der Waals surface area contributed by atoms with Crippen molar-refractivity contribution in [1.29, 1.82) is 0 Å². The van der Waals surface area contributed by atoms with Crippen molar-refractivity contribution in [2.45, 2.75) is 12.8 Å². The number of fused-ring (bicyclic) bond motifs is 1. The summed E-state index contributed by atoms with van der Waals surface area (Å²) in [5.41, 5.74) is 1.22. The Balaban J connectivity index is -0.000000123. The van der Waals surface area contributed by atoms with Gasteiger partial charge in [0.2, 0.25) is 0 Å². The van der Waals surface area contributed by atoms with Crippen LogP contribution in [0.15, 0.2) is 60.2 Å². The van der Waals surface area contributed by atoms with Gasteiger partial charge in [-0.3, -0.25) is 6.08 Å². The molecular weight excluding hydrogens is 422 g/mol. The Hall–Kier alpha value is -0.0500. The molecule has 1 aliphatic carbocycles. The molecule has 0 aromatic heterocycles. The van der Waals surface area contributed by atoms with E-state index in [1.54, 1.807) is 0 Å². The largest absolute Gasteiger partial charge is 0.168 e. The van der Waals surface area contributed by atoms with E-state index < -0.39 is 0 Å². The number of rotatable bonds is 2. The van der Waals surface area contributed by atoms with Crippen molar-refractivity contribution in [2.75, 3.05) is 6.61 Å². The standard InChI is InChI=1S/C9H7.C7H9O.2CH3.2ClH.Si.Zr/c1-2-5-9-7-3-6-8(9)4-1;8-6-5-7-3-1-2-4-7;;;;;;/h1-7H;3-4,8H,1,5-6H2;2*1H3;2*1H;;/q4*-1;;;;. The monoisotopic (exact) mass is 444 g/mol. The van der Waals surface area contributed by atoms with Crippen LogP contribution < -0.4 is 0 Å². The van der Waals surface area contributed by atoms with Gasteiger partial charge in [0.15, 0.2) is 0 Å². The van der Waals surface area contributed by atoms with Crippen LogP contribution in [0.25, 0.3) is 10.8 Å². The average Bonchev–Trinajstić information content (AvgIpc) is 3.12. The molecular formula is C18H24Cl2OSiZr-4. The molecule has 0 spiro atoms. The maximum Gasteiger partial charge on any atom is -0.0809 e. The van der Waals surface area contributed by atoms with Crippen LogP contribution >= 0.6 is 24.8 Å². The van der Waals surface area contributed by atoms with Crippen LogP contribution in [-0.2, 0) is 23.3 Å². The Morgan fingerprint density at radius 3 is 2.30 bits per heavy atom. The molecule has 23 heavy (non-hydrogen) atoms. The van der Waals surface area contributed by atoms with Gasteiger partial charge in [-0.15, -0.1) is 60.9 Å². The SMILES string of the molecule is Cl.Cl.OCCC1=CC[C-]=C1.[CH3-].[CH3-].[Si]=[Zr].c1ccc2[cH-]ccc2c1. The molecule has 2 aromatic rings. The summed E-state index contributed by atoms with van der Waals surface area (Å²) in [5, 5.41) is 11.1. The molecule has 0 fully saturated rings. The van der Waals surface area contributed by atoms with Crippen molar-refractivity contribution in [3.63, 3.8) is 0 Å². The molecule has 0 unspecified atom stereocenters. The van der Waals surface area contributed by atoms with Gasteiger partial charge >= 0.3 is 30.2 Å². The summed E-state index contributed by atoms with van der Waals surface area (Å²) in [6.07, 6.45) is 8.76. The molecule has 1 N–H and O–H groups in total. The van der Waals surface area contributed by atoms with Gasteiger partial charge in [-0.05, 0) is 0 Å². The van der Waals surface area contributed by atoms with E-state index in [2.05, 4.69) is 61.5 Å². The quantitative estimate of drug-likeness (QED) is 0.510. The first-order chi connectivity index (χ1) is 9.40. The fraction of sp³-hybridized carbons (Fsp3) is 0.167. The molecule has 0 bridgehead atoms. The van der Waals surface area contributed by atoms with Crippen molar-refractivity contribution in [3.05, 3.63) is 81.1 Å². The molecule has 0 aliphatic heterocycles.